The number of nitrogens with two attached hydrogens (primary N) is 1. The molecular formula is C14H17FN4. The fourth-order valence-electron chi connectivity index (χ4n) is 1.87. The van der Waals surface area contributed by atoms with Gasteiger partial charge < -0.3 is 10.6 Å². The number of nitrogens with zero attached hydrogens (tertiary/aromatic N) is 3. The third-order valence-electron chi connectivity index (χ3n) is 2.92. The molecular weight excluding hydrogens is 243 g/mol. The summed E-state index contributed by atoms with van der Waals surface area (Å²) in [7, 11) is 0. The van der Waals surface area contributed by atoms with Gasteiger partial charge in [-0.15, -0.1) is 0 Å². The molecule has 0 aliphatic carbocycles. The van der Waals surface area contributed by atoms with E-state index < -0.39 is 0 Å². The summed E-state index contributed by atoms with van der Waals surface area (Å²) in [5.74, 6) is 0.746. The Labute approximate surface area is 112 Å². The Morgan fingerprint density at radius 3 is 2.32 bits per heavy atom. The first-order valence-corrected chi connectivity index (χ1v) is 6.29. The van der Waals surface area contributed by atoms with E-state index in [4.69, 9.17) is 5.73 Å². The highest BCUT2D eigenvalue weighted by Crippen LogP contribution is 2.22. The summed E-state index contributed by atoms with van der Waals surface area (Å²) >= 11 is 0. The van der Waals surface area contributed by atoms with Crippen LogP contribution in [0.15, 0.2) is 30.3 Å². The Balaban J connectivity index is 2.44. The van der Waals surface area contributed by atoms with Crippen molar-refractivity contribution in [1.82, 2.24) is 9.97 Å². The summed E-state index contributed by atoms with van der Waals surface area (Å²) in [6.07, 6.45) is 0. The Morgan fingerprint density at radius 1 is 1.11 bits per heavy atom. The summed E-state index contributed by atoms with van der Waals surface area (Å²) in [6.45, 7) is 5.69. The van der Waals surface area contributed by atoms with Crippen LogP contribution >= 0.6 is 0 Å². The van der Waals surface area contributed by atoms with Gasteiger partial charge in [-0.25, -0.2) is 9.37 Å². The first-order chi connectivity index (χ1) is 9.13. The van der Waals surface area contributed by atoms with Crippen LogP contribution in [0, 0.1) is 5.82 Å². The highest BCUT2D eigenvalue weighted by Gasteiger charge is 2.09. The maximum absolute atomic E-state index is 12.9. The zero-order valence-electron chi connectivity index (χ0n) is 11.1. The Hall–Kier alpha value is -2.17. The number of aromatic nitrogens is 2. The van der Waals surface area contributed by atoms with Crippen LogP contribution in [0.25, 0.3) is 11.3 Å². The second-order valence-corrected chi connectivity index (χ2v) is 4.16. The van der Waals surface area contributed by atoms with Crippen LogP contribution in [-0.4, -0.2) is 23.1 Å². The largest absolute Gasteiger partial charge is 0.384 e. The molecule has 2 rings (SSSR count). The summed E-state index contributed by atoms with van der Waals surface area (Å²) in [5, 5.41) is 0. The SMILES string of the molecule is CCN(CC)c1nc(N)cc(-c2ccc(F)cc2)n1. The lowest BCUT2D eigenvalue weighted by Gasteiger charge is -2.19. The van der Waals surface area contributed by atoms with Crippen molar-refractivity contribution in [3.63, 3.8) is 0 Å². The third kappa shape index (κ3) is 2.99. The monoisotopic (exact) mass is 260 g/mol. The molecule has 0 unspecified atom stereocenters. The van der Waals surface area contributed by atoms with Crippen LogP contribution < -0.4 is 10.6 Å². The molecule has 1 aromatic heterocycles. The molecule has 19 heavy (non-hydrogen) atoms. The standard InChI is InChI=1S/C14H17FN4/c1-3-19(4-2)14-17-12(9-13(16)18-14)10-5-7-11(15)8-6-10/h5-9H,3-4H2,1-2H3,(H2,16,17,18). The van der Waals surface area contributed by atoms with Gasteiger partial charge in [0.05, 0.1) is 5.69 Å². The van der Waals surface area contributed by atoms with Crippen molar-refractivity contribution in [2.75, 3.05) is 23.7 Å². The van der Waals surface area contributed by atoms with Gasteiger partial charge in [-0.05, 0) is 38.1 Å². The van der Waals surface area contributed by atoms with E-state index in [1.807, 2.05) is 18.7 Å². The molecule has 0 spiro atoms. The van der Waals surface area contributed by atoms with Crippen LogP contribution in [0.4, 0.5) is 16.2 Å². The second-order valence-electron chi connectivity index (χ2n) is 4.16. The maximum atomic E-state index is 12.9. The van der Waals surface area contributed by atoms with E-state index in [0.29, 0.717) is 17.5 Å². The van der Waals surface area contributed by atoms with Crippen molar-refractivity contribution < 1.29 is 4.39 Å². The van der Waals surface area contributed by atoms with Gasteiger partial charge in [-0.2, -0.15) is 4.98 Å². The van der Waals surface area contributed by atoms with Gasteiger partial charge in [0.2, 0.25) is 5.95 Å². The predicted octanol–water partition coefficient (Wildman–Crippen LogP) is 2.71. The van der Waals surface area contributed by atoms with E-state index in [-0.39, 0.29) is 5.82 Å². The molecule has 0 saturated heterocycles. The highest BCUT2D eigenvalue weighted by molar-refractivity contribution is 5.63. The van der Waals surface area contributed by atoms with Gasteiger partial charge in [0, 0.05) is 24.7 Å². The highest BCUT2D eigenvalue weighted by atomic mass is 19.1. The molecule has 0 aliphatic heterocycles. The van der Waals surface area contributed by atoms with E-state index >= 15 is 0 Å². The van der Waals surface area contributed by atoms with Gasteiger partial charge in [-0.3, -0.25) is 0 Å². The molecule has 5 heteroatoms. The van der Waals surface area contributed by atoms with Gasteiger partial charge in [0.25, 0.3) is 0 Å². The molecule has 0 bridgehead atoms. The molecule has 0 atom stereocenters. The average molecular weight is 260 g/mol. The van der Waals surface area contributed by atoms with E-state index in [1.54, 1.807) is 18.2 Å². The predicted molar refractivity (Wildman–Crippen MR) is 75.4 cm³/mol. The molecule has 0 aliphatic rings. The molecule has 0 radical (unpaired) electrons. The third-order valence-corrected chi connectivity index (χ3v) is 2.92. The minimum atomic E-state index is -0.269. The molecule has 1 aromatic carbocycles. The molecule has 100 valence electrons. The summed E-state index contributed by atoms with van der Waals surface area (Å²) in [6, 6.07) is 7.88. The smallest absolute Gasteiger partial charge is 0.227 e. The Morgan fingerprint density at radius 2 is 1.74 bits per heavy atom. The lowest BCUT2D eigenvalue weighted by molar-refractivity contribution is 0.628. The number of hydrogen-bond donors (Lipinski definition) is 1. The number of rotatable bonds is 4. The maximum Gasteiger partial charge on any atom is 0.227 e. The van der Waals surface area contributed by atoms with Crippen LogP contribution in [0.3, 0.4) is 0 Å². The lowest BCUT2D eigenvalue weighted by Crippen LogP contribution is -2.24. The molecule has 1 heterocycles. The van der Waals surface area contributed by atoms with Gasteiger partial charge in [0.1, 0.15) is 11.6 Å². The van der Waals surface area contributed by atoms with E-state index in [1.165, 1.54) is 12.1 Å². The van der Waals surface area contributed by atoms with Gasteiger partial charge >= 0.3 is 0 Å². The first kappa shape index (κ1) is 13.3. The number of halogens is 1. The fourth-order valence-corrected chi connectivity index (χ4v) is 1.87. The van der Waals surface area contributed by atoms with Crippen molar-refractivity contribution in [1.29, 1.82) is 0 Å². The van der Waals surface area contributed by atoms with Crippen molar-refractivity contribution in [3.8, 4) is 11.3 Å². The Kier molecular flexibility index (Phi) is 3.94. The molecule has 4 nitrogen and oxygen atoms in total. The first-order valence-electron chi connectivity index (χ1n) is 6.29. The van der Waals surface area contributed by atoms with E-state index in [2.05, 4.69) is 9.97 Å². The normalized spacial score (nSPS) is 10.5. The quantitative estimate of drug-likeness (QED) is 0.918. The topological polar surface area (TPSA) is 55.0 Å². The summed E-state index contributed by atoms with van der Waals surface area (Å²) in [5.41, 5.74) is 7.35. The minimum Gasteiger partial charge on any atom is -0.384 e. The molecule has 2 aromatic rings. The Bertz CT molecular complexity index is 550. The van der Waals surface area contributed by atoms with Crippen molar-refractivity contribution in [3.05, 3.63) is 36.1 Å². The number of hydrogen-bond acceptors (Lipinski definition) is 4. The van der Waals surface area contributed by atoms with Crippen LogP contribution in [0.2, 0.25) is 0 Å². The van der Waals surface area contributed by atoms with Crippen LogP contribution in [0.5, 0.6) is 0 Å². The van der Waals surface area contributed by atoms with Crippen molar-refractivity contribution >= 4 is 11.8 Å². The van der Waals surface area contributed by atoms with Gasteiger partial charge in [-0.1, -0.05) is 0 Å². The average Bonchev–Trinajstić information content (AvgIpc) is 2.40. The summed E-state index contributed by atoms with van der Waals surface area (Å²) < 4.78 is 12.9. The number of benzene rings is 1. The minimum absolute atomic E-state index is 0.269. The zero-order valence-corrected chi connectivity index (χ0v) is 11.1. The zero-order chi connectivity index (χ0) is 13.8. The van der Waals surface area contributed by atoms with Crippen LogP contribution in [-0.2, 0) is 0 Å². The van der Waals surface area contributed by atoms with Crippen molar-refractivity contribution in [2.24, 2.45) is 0 Å². The number of anilines is 2. The molecule has 2 N–H and O–H groups in total. The van der Waals surface area contributed by atoms with Gasteiger partial charge in [0.15, 0.2) is 0 Å². The van der Waals surface area contributed by atoms with E-state index in [0.717, 1.165) is 18.7 Å². The van der Waals surface area contributed by atoms with Crippen LogP contribution in [0.1, 0.15) is 13.8 Å². The second kappa shape index (κ2) is 5.65. The molecule has 0 amide bonds. The fraction of sp³-hybridized carbons (Fsp3) is 0.286. The number of nitrogen functional groups attached to an aromatic ring is 1. The molecule has 0 saturated carbocycles. The lowest BCUT2D eigenvalue weighted by atomic mass is 10.1. The summed E-state index contributed by atoms with van der Waals surface area (Å²) in [4.78, 5) is 10.7. The van der Waals surface area contributed by atoms with E-state index in [9.17, 15) is 4.39 Å². The van der Waals surface area contributed by atoms with Crippen molar-refractivity contribution in [2.45, 2.75) is 13.8 Å². The molecule has 0 fully saturated rings.